The zero-order valence-corrected chi connectivity index (χ0v) is 10.9. The van der Waals surface area contributed by atoms with Gasteiger partial charge in [-0.05, 0) is 31.6 Å². The van der Waals surface area contributed by atoms with Crippen LogP contribution in [-0.4, -0.2) is 22.6 Å². The molecule has 1 saturated carbocycles. The van der Waals surface area contributed by atoms with Crippen molar-refractivity contribution in [1.82, 2.24) is 9.97 Å². The van der Waals surface area contributed by atoms with E-state index in [2.05, 4.69) is 14.9 Å². The molecule has 18 heavy (non-hydrogen) atoms. The van der Waals surface area contributed by atoms with Gasteiger partial charge in [-0.25, -0.2) is 4.98 Å². The molecular formula is C14H22N4. The van der Waals surface area contributed by atoms with Crippen LogP contribution in [-0.2, 0) is 6.54 Å². The Kier molecular flexibility index (Phi) is 3.46. The van der Waals surface area contributed by atoms with E-state index < -0.39 is 0 Å². The highest BCUT2D eigenvalue weighted by Gasteiger charge is 2.33. The van der Waals surface area contributed by atoms with Gasteiger partial charge >= 0.3 is 0 Å². The minimum atomic E-state index is 0.475. The highest BCUT2D eigenvalue weighted by molar-refractivity contribution is 5.39. The van der Waals surface area contributed by atoms with E-state index in [1.807, 2.05) is 6.20 Å². The largest absolute Gasteiger partial charge is 0.352 e. The maximum atomic E-state index is 5.66. The molecule has 0 amide bonds. The van der Waals surface area contributed by atoms with Crippen LogP contribution in [0.1, 0.15) is 44.2 Å². The van der Waals surface area contributed by atoms with Crippen molar-refractivity contribution < 1.29 is 0 Å². The summed E-state index contributed by atoms with van der Waals surface area (Å²) in [7, 11) is 0. The molecule has 2 atom stereocenters. The normalized spacial score (nSPS) is 27.9. The SMILES string of the molecule is NCc1cncc(N2CCCC3CCCCC32)n1. The Morgan fingerprint density at radius 1 is 1.17 bits per heavy atom. The predicted molar refractivity (Wildman–Crippen MR) is 72.2 cm³/mol. The van der Waals surface area contributed by atoms with Crippen LogP contribution >= 0.6 is 0 Å². The Morgan fingerprint density at radius 3 is 2.89 bits per heavy atom. The molecule has 3 rings (SSSR count). The van der Waals surface area contributed by atoms with Crippen LogP contribution in [0.4, 0.5) is 5.82 Å². The van der Waals surface area contributed by atoms with E-state index in [4.69, 9.17) is 5.73 Å². The van der Waals surface area contributed by atoms with Crippen molar-refractivity contribution in [2.75, 3.05) is 11.4 Å². The summed E-state index contributed by atoms with van der Waals surface area (Å²) >= 11 is 0. The standard InChI is InChI=1S/C14H22N4/c15-8-12-9-16-10-14(17-12)18-7-3-5-11-4-1-2-6-13(11)18/h9-11,13H,1-8,15H2. The lowest BCUT2D eigenvalue weighted by Crippen LogP contribution is -2.47. The van der Waals surface area contributed by atoms with Gasteiger partial charge < -0.3 is 10.6 Å². The van der Waals surface area contributed by atoms with Crippen molar-refractivity contribution >= 4 is 5.82 Å². The van der Waals surface area contributed by atoms with Gasteiger partial charge in [0.05, 0.1) is 11.9 Å². The minimum absolute atomic E-state index is 0.475. The quantitative estimate of drug-likeness (QED) is 0.868. The number of hydrogen-bond acceptors (Lipinski definition) is 4. The van der Waals surface area contributed by atoms with Crippen molar-refractivity contribution in [3.8, 4) is 0 Å². The molecule has 0 aromatic carbocycles. The number of piperidine rings is 1. The molecule has 2 unspecified atom stereocenters. The highest BCUT2D eigenvalue weighted by Crippen LogP contribution is 2.36. The Balaban J connectivity index is 1.84. The average molecular weight is 246 g/mol. The van der Waals surface area contributed by atoms with E-state index in [1.165, 1.54) is 38.5 Å². The van der Waals surface area contributed by atoms with Gasteiger partial charge in [0.1, 0.15) is 5.82 Å². The van der Waals surface area contributed by atoms with E-state index in [0.717, 1.165) is 24.0 Å². The van der Waals surface area contributed by atoms with E-state index in [1.54, 1.807) is 6.20 Å². The summed E-state index contributed by atoms with van der Waals surface area (Å²) in [4.78, 5) is 11.4. The van der Waals surface area contributed by atoms with Crippen LogP contribution < -0.4 is 10.6 Å². The molecule has 2 heterocycles. The van der Waals surface area contributed by atoms with Gasteiger partial charge in [-0.2, -0.15) is 0 Å². The van der Waals surface area contributed by atoms with Gasteiger partial charge in [0.2, 0.25) is 0 Å². The molecule has 0 radical (unpaired) electrons. The molecule has 2 N–H and O–H groups in total. The minimum Gasteiger partial charge on any atom is -0.352 e. The first-order valence-corrected chi connectivity index (χ1v) is 7.16. The molecule has 2 aliphatic rings. The molecular weight excluding hydrogens is 224 g/mol. The third kappa shape index (κ3) is 2.21. The molecule has 1 saturated heterocycles. The molecule has 2 fully saturated rings. The third-order valence-corrected chi connectivity index (χ3v) is 4.42. The average Bonchev–Trinajstić information content (AvgIpc) is 2.47. The maximum Gasteiger partial charge on any atom is 0.147 e. The van der Waals surface area contributed by atoms with Crippen LogP contribution in [0.15, 0.2) is 12.4 Å². The van der Waals surface area contributed by atoms with Crippen molar-refractivity contribution in [3.05, 3.63) is 18.1 Å². The molecule has 4 nitrogen and oxygen atoms in total. The summed E-state index contributed by atoms with van der Waals surface area (Å²) in [6.45, 7) is 1.60. The first-order valence-electron chi connectivity index (χ1n) is 7.16. The van der Waals surface area contributed by atoms with Gasteiger partial charge in [-0.15, -0.1) is 0 Å². The Bertz CT molecular complexity index is 405. The van der Waals surface area contributed by atoms with Crippen molar-refractivity contribution in [1.29, 1.82) is 0 Å². The fourth-order valence-corrected chi connectivity index (χ4v) is 3.54. The zero-order chi connectivity index (χ0) is 12.4. The highest BCUT2D eigenvalue weighted by atomic mass is 15.2. The van der Waals surface area contributed by atoms with E-state index in [9.17, 15) is 0 Å². The summed E-state index contributed by atoms with van der Waals surface area (Å²) in [5, 5.41) is 0. The lowest BCUT2D eigenvalue weighted by Gasteiger charge is -2.44. The first-order chi connectivity index (χ1) is 8.88. The topological polar surface area (TPSA) is 55.0 Å². The second-order valence-electron chi connectivity index (χ2n) is 5.52. The van der Waals surface area contributed by atoms with Gasteiger partial charge in [-0.1, -0.05) is 12.8 Å². The van der Waals surface area contributed by atoms with Gasteiger partial charge in [-0.3, -0.25) is 4.98 Å². The molecule has 0 bridgehead atoms. The van der Waals surface area contributed by atoms with E-state index in [-0.39, 0.29) is 0 Å². The second-order valence-corrected chi connectivity index (χ2v) is 5.52. The van der Waals surface area contributed by atoms with Crippen molar-refractivity contribution in [2.24, 2.45) is 11.7 Å². The van der Waals surface area contributed by atoms with E-state index in [0.29, 0.717) is 12.6 Å². The summed E-state index contributed by atoms with van der Waals surface area (Å²) < 4.78 is 0. The summed E-state index contributed by atoms with van der Waals surface area (Å²) in [6, 6.07) is 0.690. The number of nitrogens with two attached hydrogens (primary N) is 1. The summed E-state index contributed by atoms with van der Waals surface area (Å²) in [5.41, 5.74) is 6.55. The maximum absolute atomic E-state index is 5.66. The van der Waals surface area contributed by atoms with Crippen LogP contribution in [0, 0.1) is 5.92 Å². The Morgan fingerprint density at radius 2 is 2.00 bits per heavy atom. The molecule has 1 aromatic heterocycles. The van der Waals surface area contributed by atoms with Gasteiger partial charge in [0.15, 0.2) is 0 Å². The van der Waals surface area contributed by atoms with E-state index >= 15 is 0 Å². The van der Waals surface area contributed by atoms with Gasteiger partial charge in [0, 0.05) is 25.3 Å². The van der Waals surface area contributed by atoms with Crippen LogP contribution in [0.5, 0.6) is 0 Å². The van der Waals surface area contributed by atoms with Crippen molar-refractivity contribution in [3.63, 3.8) is 0 Å². The number of fused-ring (bicyclic) bond motifs is 1. The Labute approximate surface area is 109 Å². The van der Waals surface area contributed by atoms with Crippen molar-refractivity contribution in [2.45, 2.75) is 51.1 Å². The number of nitrogens with zero attached hydrogens (tertiary/aromatic N) is 3. The third-order valence-electron chi connectivity index (χ3n) is 4.42. The predicted octanol–water partition coefficient (Wildman–Crippen LogP) is 2.09. The molecule has 1 aromatic rings. The molecule has 98 valence electrons. The fraction of sp³-hybridized carbons (Fsp3) is 0.714. The zero-order valence-electron chi connectivity index (χ0n) is 10.9. The number of anilines is 1. The van der Waals surface area contributed by atoms with Crippen LogP contribution in [0.25, 0.3) is 0 Å². The number of rotatable bonds is 2. The summed E-state index contributed by atoms with van der Waals surface area (Å²) in [5.74, 6) is 1.91. The molecule has 1 aliphatic carbocycles. The molecule has 0 spiro atoms. The number of hydrogen-bond donors (Lipinski definition) is 1. The number of aromatic nitrogens is 2. The van der Waals surface area contributed by atoms with Crippen LogP contribution in [0.3, 0.4) is 0 Å². The lowest BCUT2D eigenvalue weighted by molar-refractivity contribution is 0.242. The Hall–Kier alpha value is -1.16. The second kappa shape index (κ2) is 5.22. The smallest absolute Gasteiger partial charge is 0.147 e. The van der Waals surface area contributed by atoms with Gasteiger partial charge in [0.25, 0.3) is 0 Å². The van der Waals surface area contributed by atoms with Crippen LogP contribution in [0.2, 0.25) is 0 Å². The summed E-state index contributed by atoms with van der Waals surface area (Å²) in [6.07, 6.45) is 11.8. The first kappa shape index (κ1) is 11.9. The fourth-order valence-electron chi connectivity index (χ4n) is 3.54. The lowest BCUT2D eigenvalue weighted by atomic mass is 9.78. The molecule has 1 aliphatic heterocycles. The molecule has 4 heteroatoms. The monoisotopic (exact) mass is 246 g/mol.